The number of carbonyl (C=O) groups is 1. The van der Waals surface area contributed by atoms with Crippen LogP contribution in [0.2, 0.25) is 0 Å². The molecule has 0 atom stereocenters. The van der Waals surface area contributed by atoms with Crippen LogP contribution in [0.1, 0.15) is 5.56 Å². The summed E-state index contributed by atoms with van der Waals surface area (Å²) < 4.78 is 2.39. The maximum absolute atomic E-state index is 12.9. The van der Waals surface area contributed by atoms with E-state index in [0.29, 0.717) is 15.8 Å². The number of thiocarbonyl (C=S) groups is 1. The summed E-state index contributed by atoms with van der Waals surface area (Å²) in [6, 6.07) is 24.5. The van der Waals surface area contributed by atoms with Crippen LogP contribution >= 0.6 is 24.0 Å². The Morgan fingerprint density at radius 1 is 1.00 bits per heavy atom. The third-order valence-corrected chi connectivity index (χ3v) is 6.64. The number of hydrogen-bond acceptors (Lipinski definition) is 4. The van der Waals surface area contributed by atoms with Crippen molar-refractivity contribution in [2.45, 2.75) is 0 Å². The van der Waals surface area contributed by atoms with E-state index < -0.39 is 0 Å². The van der Waals surface area contributed by atoms with E-state index in [1.54, 1.807) is 11.0 Å². The first-order valence-electron chi connectivity index (χ1n) is 10.1. The van der Waals surface area contributed by atoms with Gasteiger partial charge in [-0.1, -0.05) is 84.7 Å². The monoisotopic (exact) mass is 453 g/mol. The van der Waals surface area contributed by atoms with Crippen molar-refractivity contribution in [3.8, 4) is 16.9 Å². The second-order valence-electron chi connectivity index (χ2n) is 7.36. The Bertz CT molecular complexity index is 1390. The summed E-state index contributed by atoms with van der Waals surface area (Å²) in [5.74, 6) is -0.100. The Morgan fingerprint density at radius 3 is 2.53 bits per heavy atom. The zero-order chi connectivity index (χ0) is 22.1. The molecule has 1 saturated heterocycles. The molecule has 0 unspecified atom stereocenters. The summed E-state index contributed by atoms with van der Waals surface area (Å²) in [7, 11) is 0. The number of thioether (sulfide) groups is 1. The summed E-state index contributed by atoms with van der Waals surface area (Å²) in [4.78, 5) is 15.0. The van der Waals surface area contributed by atoms with Crippen molar-refractivity contribution in [2.75, 3.05) is 6.54 Å². The number of rotatable bonds is 5. The van der Waals surface area contributed by atoms with E-state index in [4.69, 9.17) is 17.3 Å². The van der Waals surface area contributed by atoms with E-state index in [9.17, 15) is 4.79 Å². The van der Waals surface area contributed by atoms with Gasteiger partial charge in [-0.3, -0.25) is 9.69 Å². The maximum atomic E-state index is 12.9. The topological polar surface area (TPSA) is 38.1 Å². The molecule has 4 nitrogen and oxygen atoms in total. The predicted octanol–water partition coefficient (Wildman–Crippen LogP) is 6.08. The van der Waals surface area contributed by atoms with E-state index in [2.05, 4.69) is 36.9 Å². The minimum Gasteiger partial charge on any atom is -0.289 e. The van der Waals surface area contributed by atoms with Crippen LogP contribution in [-0.2, 0) is 4.79 Å². The van der Waals surface area contributed by atoms with E-state index in [-0.39, 0.29) is 5.91 Å². The summed E-state index contributed by atoms with van der Waals surface area (Å²) in [5.41, 5.74) is 3.62. The van der Waals surface area contributed by atoms with Crippen LogP contribution in [0.3, 0.4) is 0 Å². The maximum Gasteiger partial charge on any atom is 0.266 e. The highest BCUT2D eigenvalue weighted by Crippen LogP contribution is 2.35. The molecule has 6 heteroatoms. The fourth-order valence-corrected chi connectivity index (χ4v) is 4.96. The third kappa shape index (κ3) is 3.79. The van der Waals surface area contributed by atoms with E-state index in [0.717, 1.165) is 27.9 Å². The van der Waals surface area contributed by atoms with Crippen molar-refractivity contribution in [2.24, 2.45) is 0 Å². The molecule has 1 aliphatic rings. The zero-order valence-electron chi connectivity index (χ0n) is 17.1. The predicted molar refractivity (Wildman–Crippen MR) is 137 cm³/mol. The molecule has 0 bridgehead atoms. The van der Waals surface area contributed by atoms with Gasteiger partial charge in [-0.2, -0.15) is 5.10 Å². The molecule has 1 aromatic heterocycles. The summed E-state index contributed by atoms with van der Waals surface area (Å²) in [5, 5.41) is 7.20. The average molecular weight is 454 g/mol. The third-order valence-electron chi connectivity index (χ3n) is 5.26. The summed E-state index contributed by atoms with van der Waals surface area (Å²) in [6.07, 6.45) is 5.53. The summed E-state index contributed by atoms with van der Waals surface area (Å²) in [6.45, 7) is 4.13. The van der Waals surface area contributed by atoms with Gasteiger partial charge in [0.05, 0.1) is 10.6 Å². The van der Waals surface area contributed by atoms with Crippen LogP contribution in [0.15, 0.2) is 96.6 Å². The van der Waals surface area contributed by atoms with Crippen LogP contribution in [-0.4, -0.2) is 31.5 Å². The van der Waals surface area contributed by atoms with Crippen LogP contribution in [0.5, 0.6) is 0 Å². The Balaban J connectivity index is 1.64. The molecule has 5 rings (SSSR count). The minimum atomic E-state index is -0.100. The molecule has 0 aliphatic carbocycles. The number of benzene rings is 3. The lowest BCUT2D eigenvalue weighted by Gasteiger charge is -2.10. The Morgan fingerprint density at radius 2 is 1.75 bits per heavy atom. The van der Waals surface area contributed by atoms with E-state index >= 15 is 0 Å². The highest BCUT2D eigenvalue weighted by atomic mass is 32.2. The molecule has 1 amide bonds. The van der Waals surface area contributed by atoms with Crippen molar-refractivity contribution >= 4 is 51.1 Å². The smallest absolute Gasteiger partial charge is 0.266 e. The van der Waals surface area contributed by atoms with Crippen molar-refractivity contribution in [3.05, 3.63) is 102 Å². The van der Waals surface area contributed by atoms with Crippen LogP contribution in [0, 0.1) is 0 Å². The van der Waals surface area contributed by atoms with Crippen LogP contribution in [0.4, 0.5) is 0 Å². The Kier molecular flexibility index (Phi) is 5.47. The molecule has 0 radical (unpaired) electrons. The molecular weight excluding hydrogens is 434 g/mol. The first-order chi connectivity index (χ1) is 15.6. The second-order valence-corrected chi connectivity index (χ2v) is 9.03. The lowest BCUT2D eigenvalue weighted by atomic mass is 10.0. The zero-order valence-corrected chi connectivity index (χ0v) is 18.8. The van der Waals surface area contributed by atoms with E-state index in [1.807, 2.05) is 59.4 Å². The number of nitrogens with zero attached hydrogens (tertiary/aromatic N) is 3. The molecule has 1 aliphatic heterocycles. The fourth-order valence-electron chi connectivity index (χ4n) is 3.69. The lowest BCUT2D eigenvalue weighted by Crippen LogP contribution is -2.27. The van der Waals surface area contributed by atoms with Gasteiger partial charge in [-0.25, -0.2) is 4.68 Å². The largest absolute Gasteiger partial charge is 0.289 e. The highest BCUT2D eigenvalue weighted by molar-refractivity contribution is 8.26. The summed E-state index contributed by atoms with van der Waals surface area (Å²) >= 11 is 6.71. The van der Waals surface area contributed by atoms with Crippen molar-refractivity contribution in [1.82, 2.24) is 14.7 Å². The average Bonchev–Trinajstić information content (AvgIpc) is 3.36. The molecule has 0 N–H and O–H groups in total. The quantitative estimate of drug-likeness (QED) is 0.209. The number of carbonyl (C=O) groups excluding carboxylic acids is 1. The molecule has 1 fully saturated rings. The molecule has 0 saturated carbocycles. The normalized spacial score (nSPS) is 15.1. The lowest BCUT2D eigenvalue weighted by molar-refractivity contribution is -0.121. The fraction of sp³-hybridized carbons (Fsp3) is 0.0385. The van der Waals surface area contributed by atoms with E-state index in [1.165, 1.54) is 17.1 Å². The molecule has 4 aromatic rings. The van der Waals surface area contributed by atoms with Crippen LogP contribution < -0.4 is 0 Å². The van der Waals surface area contributed by atoms with Gasteiger partial charge < -0.3 is 0 Å². The van der Waals surface area contributed by atoms with Gasteiger partial charge in [0.2, 0.25) is 0 Å². The van der Waals surface area contributed by atoms with Crippen LogP contribution in [0.25, 0.3) is 33.8 Å². The van der Waals surface area contributed by atoms with Gasteiger partial charge in [0.1, 0.15) is 10.0 Å². The molecule has 0 spiro atoms. The van der Waals surface area contributed by atoms with Gasteiger partial charge in [-0.05, 0) is 35.0 Å². The van der Waals surface area contributed by atoms with Gasteiger partial charge in [0, 0.05) is 23.9 Å². The number of amides is 1. The number of para-hydroxylation sites is 1. The molecule has 2 heterocycles. The Hall–Kier alpha value is -3.48. The number of aromatic nitrogens is 2. The molecule has 32 heavy (non-hydrogen) atoms. The molecule has 156 valence electrons. The number of fused-ring (bicyclic) bond motifs is 1. The van der Waals surface area contributed by atoms with Crippen molar-refractivity contribution in [1.29, 1.82) is 0 Å². The highest BCUT2D eigenvalue weighted by Gasteiger charge is 2.31. The van der Waals surface area contributed by atoms with Gasteiger partial charge in [0.25, 0.3) is 5.91 Å². The second kappa shape index (κ2) is 8.57. The first kappa shape index (κ1) is 20.4. The molecule has 3 aromatic carbocycles. The van der Waals surface area contributed by atoms with Crippen molar-refractivity contribution in [3.63, 3.8) is 0 Å². The first-order valence-corrected chi connectivity index (χ1v) is 11.4. The van der Waals surface area contributed by atoms with Gasteiger partial charge >= 0.3 is 0 Å². The SMILES string of the molecule is C=CCN1C(=O)C(=Cc2cn(-c3ccccc3)nc2-c2ccc3ccccc3c2)SC1=S. The Labute approximate surface area is 195 Å². The van der Waals surface area contributed by atoms with Gasteiger partial charge in [-0.15, -0.1) is 6.58 Å². The van der Waals surface area contributed by atoms with Crippen molar-refractivity contribution < 1.29 is 4.79 Å². The number of hydrogen-bond donors (Lipinski definition) is 0. The standard InChI is InChI=1S/C26H19N3OS2/c1-2-14-28-25(30)23(32-26(28)31)16-21-17-29(22-10-4-3-5-11-22)27-24(21)20-13-12-18-8-6-7-9-19(18)15-20/h2-13,15-17H,1,14H2. The minimum absolute atomic E-state index is 0.100. The van der Waals surface area contributed by atoms with Gasteiger partial charge in [0.15, 0.2) is 0 Å². The molecular formula is C26H19N3OS2.